The van der Waals surface area contributed by atoms with Gasteiger partial charge < -0.3 is 0 Å². The van der Waals surface area contributed by atoms with Crippen molar-refractivity contribution in [2.75, 3.05) is 0 Å². The van der Waals surface area contributed by atoms with Gasteiger partial charge in [0.25, 0.3) is 6.43 Å². The number of benzene rings is 1. The Bertz CT molecular complexity index is 377. The van der Waals surface area contributed by atoms with E-state index in [1.807, 2.05) is 0 Å². The smallest absolute Gasteiger partial charge is 0.266 e. The summed E-state index contributed by atoms with van der Waals surface area (Å²) in [5.41, 5.74) is -0.694. The topological polar surface area (TPSA) is 17.1 Å². The lowest BCUT2D eigenvalue weighted by Gasteiger charge is -2.09. The number of rotatable bonds is 2. The molecule has 0 unspecified atom stereocenters. The van der Waals surface area contributed by atoms with E-state index in [-0.39, 0.29) is 15.6 Å². The Morgan fingerprint density at radius 2 is 1.79 bits per heavy atom. The minimum Gasteiger partial charge on any atom is -0.294 e. The first kappa shape index (κ1) is 11.4. The first-order valence-corrected chi connectivity index (χ1v) is 4.47. The molecule has 0 atom stereocenters. The largest absolute Gasteiger partial charge is 0.294 e. The van der Waals surface area contributed by atoms with E-state index in [4.69, 9.17) is 23.2 Å². The summed E-state index contributed by atoms with van der Waals surface area (Å²) in [6, 6.07) is 2.57. The molecule has 0 aliphatic heterocycles. The minimum atomic E-state index is -2.81. The van der Waals surface area contributed by atoms with Crippen LogP contribution in [-0.4, -0.2) is 5.78 Å². The van der Waals surface area contributed by atoms with Crippen molar-refractivity contribution >= 4 is 29.0 Å². The Morgan fingerprint density at radius 1 is 1.29 bits per heavy atom. The zero-order valence-electron chi connectivity index (χ0n) is 7.15. The number of carbonyl (C=O) groups is 1. The van der Waals surface area contributed by atoms with Crippen LogP contribution in [0.3, 0.4) is 0 Å². The maximum Gasteiger partial charge on any atom is 0.266 e. The van der Waals surface area contributed by atoms with Crippen molar-refractivity contribution in [3.05, 3.63) is 33.3 Å². The number of alkyl halides is 2. The first-order valence-electron chi connectivity index (χ1n) is 3.72. The minimum absolute atomic E-state index is 0.00259. The van der Waals surface area contributed by atoms with Gasteiger partial charge in [0, 0.05) is 11.1 Å². The highest BCUT2D eigenvalue weighted by Gasteiger charge is 2.22. The van der Waals surface area contributed by atoms with Gasteiger partial charge in [-0.25, -0.2) is 8.78 Å². The maximum absolute atomic E-state index is 12.5. The van der Waals surface area contributed by atoms with Crippen molar-refractivity contribution < 1.29 is 13.6 Å². The average molecular weight is 239 g/mol. The lowest BCUT2D eigenvalue weighted by molar-refractivity contribution is 0.0999. The normalized spacial score (nSPS) is 10.7. The molecule has 0 saturated carbocycles. The highest BCUT2D eigenvalue weighted by Crippen LogP contribution is 2.34. The summed E-state index contributed by atoms with van der Waals surface area (Å²) in [6.07, 6.45) is -2.81. The Kier molecular flexibility index (Phi) is 3.45. The predicted octanol–water partition coefficient (Wildman–Crippen LogP) is 4.13. The molecule has 1 rings (SSSR count). The molecule has 0 aromatic heterocycles. The molecule has 0 heterocycles. The summed E-state index contributed by atoms with van der Waals surface area (Å²) >= 11 is 11.2. The predicted molar refractivity (Wildman–Crippen MR) is 51.4 cm³/mol. The summed E-state index contributed by atoms with van der Waals surface area (Å²) < 4.78 is 25.1. The lowest BCUT2D eigenvalue weighted by Crippen LogP contribution is -2.02. The summed E-state index contributed by atoms with van der Waals surface area (Å²) in [4.78, 5) is 11.1. The molecule has 0 aliphatic carbocycles. The molecule has 1 aromatic rings. The van der Waals surface area contributed by atoms with Crippen molar-refractivity contribution in [3.63, 3.8) is 0 Å². The van der Waals surface area contributed by atoms with Gasteiger partial charge in [-0.1, -0.05) is 23.2 Å². The molecule has 0 aliphatic rings. The second-order valence-electron chi connectivity index (χ2n) is 2.67. The number of Topliss-reactive ketones (excluding diaryl/α,β-unsaturated/α-hetero) is 1. The quantitative estimate of drug-likeness (QED) is 0.709. The lowest BCUT2D eigenvalue weighted by atomic mass is 10.0. The molecule has 14 heavy (non-hydrogen) atoms. The molecule has 0 fully saturated rings. The fourth-order valence-corrected chi connectivity index (χ4v) is 1.68. The van der Waals surface area contributed by atoms with E-state index in [0.717, 1.165) is 0 Å². The standard InChI is InChI=1S/C9H6Cl2F2O/c1-4(14)7-5(10)2-3-6(11)8(7)9(12)13/h2-3,9H,1H3. The van der Waals surface area contributed by atoms with E-state index in [1.165, 1.54) is 19.1 Å². The van der Waals surface area contributed by atoms with Gasteiger partial charge in [-0.05, 0) is 19.1 Å². The van der Waals surface area contributed by atoms with Crippen LogP contribution in [0.2, 0.25) is 10.0 Å². The van der Waals surface area contributed by atoms with Gasteiger partial charge in [0.2, 0.25) is 0 Å². The van der Waals surface area contributed by atoms with E-state index in [2.05, 4.69) is 0 Å². The highest BCUT2D eigenvalue weighted by molar-refractivity contribution is 6.36. The van der Waals surface area contributed by atoms with E-state index < -0.39 is 17.8 Å². The van der Waals surface area contributed by atoms with Crippen molar-refractivity contribution in [3.8, 4) is 0 Å². The van der Waals surface area contributed by atoms with Crippen LogP contribution < -0.4 is 0 Å². The fraction of sp³-hybridized carbons (Fsp3) is 0.222. The van der Waals surface area contributed by atoms with Crippen LogP contribution in [-0.2, 0) is 0 Å². The number of hydrogen-bond acceptors (Lipinski definition) is 1. The molecular formula is C9H6Cl2F2O. The first-order chi connectivity index (χ1) is 6.45. The third-order valence-electron chi connectivity index (χ3n) is 1.71. The van der Waals surface area contributed by atoms with E-state index in [0.29, 0.717) is 0 Å². The number of carbonyl (C=O) groups excluding carboxylic acids is 1. The monoisotopic (exact) mass is 238 g/mol. The van der Waals surface area contributed by atoms with Crippen LogP contribution in [0.4, 0.5) is 8.78 Å². The Labute approximate surface area is 89.6 Å². The summed E-state index contributed by atoms with van der Waals surface area (Å²) in [5, 5.41) is -0.146. The summed E-state index contributed by atoms with van der Waals surface area (Å²) in [6.45, 7) is 1.17. The molecule has 76 valence electrons. The average Bonchev–Trinajstić information content (AvgIpc) is 2.07. The molecule has 0 bridgehead atoms. The molecule has 0 spiro atoms. The highest BCUT2D eigenvalue weighted by atomic mass is 35.5. The van der Waals surface area contributed by atoms with E-state index in [9.17, 15) is 13.6 Å². The molecule has 1 aromatic carbocycles. The second-order valence-corrected chi connectivity index (χ2v) is 3.49. The summed E-state index contributed by atoms with van der Waals surface area (Å²) in [5.74, 6) is -0.521. The zero-order valence-corrected chi connectivity index (χ0v) is 8.66. The van der Waals surface area contributed by atoms with Crippen molar-refractivity contribution in [1.82, 2.24) is 0 Å². The third kappa shape index (κ3) is 2.04. The number of hydrogen-bond donors (Lipinski definition) is 0. The molecule has 0 saturated heterocycles. The van der Waals surface area contributed by atoms with Gasteiger partial charge in [-0.3, -0.25) is 4.79 Å². The van der Waals surface area contributed by atoms with Gasteiger partial charge in [0.05, 0.1) is 10.0 Å². The Hall–Kier alpha value is -0.670. The van der Waals surface area contributed by atoms with E-state index >= 15 is 0 Å². The Balaban J connectivity index is 3.50. The van der Waals surface area contributed by atoms with Crippen molar-refractivity contribution in [2.45, 2.75) is 13.3 Å². The van der Waals surface area contributed by atoms with Crippen LogP contribution in [0.15, 0.2) is 12.1 Å². The molecule has 0 radical (unpaired) electrons. The van der Waals surface area contributed by atoms with Gasteiger partial charge in [-0.15, -0.1) is 0 Å². The van der Waals surface area contributed by atoms with E-state index in [1.54, 1.807) is 0 Å². The fourth-order valence-electron chi connectivity index (χ4n) is 1.14. The van der Waals surface area contributed by atoms with Gasteiger partial charge >= 0.3 is 0 Å². The summed E-state index contributed by atoms with van der Waals surface area (Å²) in [7, 11) is 0. The SMILES string of the molecule is CC(=O)c1c(Cl)ccc(Cl)c1C(F)F. The van der Waals surface area contributed by atoms with Gasteiger partial charge in [-0.2, -0.15) is 0 Å². The van der Waals surface area contributed by atoms with Crippen molar-refractivity contribution in [1.29, 1.82) is 0 Å². The van der Waals surface area contributed by atoms with Gasteiger partial charge in [0.1, 0.15) is 0 Å². The second kappa shape index (κ2) is 4.24. The molecule has 5 heteroatoms. The van der Waals surface area contributed by atoms with Crippen LogP contribution in [0, 0.1) is 0 Å². The number of halogens is 4. The third-order valence-corrected chi connectivity index (χ3v) is 2.36. The molecule has 0 amide bonds. The van der Waals surface area contributed by atoms with Crippen LogP contribution in [0.25, 0.3) is 0 Å². The molecule has 0 N–H and O–H groups in total. The van der Waals surface area contributed by atoms with Crippen LogP contribution >= 0.6 is 23.2 Å². The maximum atomic E-state index is 12.5. The van der Waals surface area contributed by atoms with Gasteiger partial charge in [0.15, 0.2) is 5.78 Å². The zero-order chi connectivity index (χ0) is 10.9. The number of ketones is 1. The molecular weight excluding hydrogens is 233 g/mol. The van der Waals surface area contributed by atoms with Crippen molar-refractivity contribution in [2.24, 2.45) is 0 Å². The Morgan fingerprint density at radius 3 is 2.14 bits per heavy atom. The molecule has 1 nitrogen and oxygen atoms in total. The van der Waals surface area contributed by atoms with Crippen LogP contribution in [0.5, 0.6) is 0 Å². The van der Waals surface area contributed by atoms with Crippen LogP contribution in [0.1, 0.15) is 29.3 Å².